The van der Waals surface area contributed by atoms with Gasteiger partial charge in [-0.15, -0.1) is 0 Å². The molecule has 1 saturated carbocycles. The molecule has 1 heterocycles. The van der Waals surface area contributed by atoms with Crippen molar-refractivity contribution in [2.45, 2.75) is 38.6 Å². The van der Waals surface area contributed by atoms with Gasteiger partial charge in [0.05, 0.1) is 0 Å². The van der Waals surface area contributed by atoms with E-state index >= 15 is 0 Å². The summed E-state index contributed by atoms with van der Waals surface area (Å²) in [5.74, 6) is 1.54. The Balaban J connectivity index is 1.68. The van der Waals surface area contributed by atoms with Crippen molar-refractivity contribution in [3.63, 3.8) is 0 Å². The Morgan fingerprint density at radius 3 is 2.25 bits per heavy atom. The quantitative estimate of drug-likeness (QED) is 0.899. The molecule has 3 rings (SSSR count). The Kier molecular flexibility index (Phi) is 3.79. The average Bonchev–Trinajstić information content (AvgIpc) is 2.90. The number of likely N-dealkylation sites (tertiary alicyclic amines) is 1. The van der Waals surface area contributed by atoms with Crippen LogP contribution in [0.2, 0.25) is 0 Å². The number of nitrogens with zero attached hydrogens (tertiary/aromatic N) is 1. The van der Waals surface area contributed by atoms with E-state index in [9.17, 15) is 4.79 Å². The molecule has 3 nitrogen and oxygen atoms in total. The van der Waals surface area contributed by atoms with Gasteiger partial charge in [-0.25, -0.2) is 0 Å². The summed E-state index contributed by atoms with van der Waals surface area (Å²) < 4.78 is 0. The van der Waals surface area contributed by atoms with Crippen molar-refractivity contribution < 1.29 is 4.79 Å². The molecule has 1 aromatic rings. The molecule has 0 spiro atoms. The number of amides is 1. The highest BCUT2D eigenvalue weighted by Crippen LogP contribution is 2.36. The largest absolute Gasteiger partial charge is 0.340 e. The average molecular weight is 272 g/mol. The highest BCUT2D eigenvalue weighted by molar-refractivity contribution is 5.83. The van der Waals surface area contributed by atoms with Gasteiger partial charge >= 0.3 is 0 Å². The Labute approximate surface area is 121 Å². The van der Waals surface area contributed by atoms with Crippen LogP contribution in [0.5, 0.6) is 0 Å². The normalized spacial score (nSPS) is 27.2. The summed E-state index contributed by atoms with van der Waals surface area (Å²) in [6, 6.07) is 7.48. The summed E-state index contributed by atoms with van der Waals surface area (Å²) in [7, 11) is 0. The first-order valence-corrected chi connectivity index (χ1v) is 7.76. The number of rotatable bonds is 2. The second-order valence-electron chi connectivity index (χ2n) is 6.44. The fourth-order valence-electron chi connectivity index (χ4n) is 3.70. The second-order valence-corrected chi connectivity index (χ2v) is 6.44. The van der Waals surface area contributed by atoms with Gasteiger partial charge in [0.2, 0.25) is 5.91 Å². The fourth-order valence-corrected chi connectivity index (χ4v) is 3.70. The molecular weight excluding hydrogens is 248 g/mol. The van der Waals surface area contributed by atoms with Gasteiger partial charge in [-0.05, 0) is 37.2 Å². The molecule has 1 aromatic carbocycles. The minimum Gasteiger partial charge on any atom is -0.340 e. The van der Waals surface area contributed by atoms with E-state index in [0.29, 0.717) is 0 Å². The van der Waals surface area contributed by atoms with Gasteiger partial charge < -0.3 is 10.6 Å². The summed E-state index contributed by atoms with van der Waals surface area (Å²) in [4.78, 5) is 14.6. The van der Waals surface area contributed by atoms with E-state index in [4.69, 9.17) is 5.73 Å². The highest BCUT2D eigenvalue weighted by atomic mass is 16.2. The number of carbonyl (C=O) groups is 1. The smallest absolute Gasteiger partial charge is 0.244 e. The molecule has 2 aliphatic rings. The van der Waals surface area contributed by atoms with Crippen molar-refractivity contribution in [2.24, 2.45) is 17.6 Å². The predicted octanol–water partition coefficient (Wildman–Crippen LogP) is 2.64. The Morgan fingerprint density at radius 1 is 1.15 bits per heavy atom. The van der Waals surface area contributed by atoms with E-state index < -0.39 is 6.04 Å². The maximum absolute atomic E-state index is 12.6. The molecule has 2 fully saturated rings. The third kappa shape index (κ3) is 2.59. The van der Waals surface area contributed by atoms with Crippen LogP contribution < -0.4 is 5.73 Å². The third-order valence-electron chi connectivity index (χ3n) is 4.99. The van der Waals surface area contributed by atoms with Gasteiger partial charge in [0.25, 0.3) is 0 Å². The molecule has 0 bridgehead atoms. The van der Waals surface area contributed by atoms with Gasteiger partial charge in [0, 0.05) is 13.1 Å². The molecule has 1 amide bonds. The lowest BCUT2D eigenvalue weighted by Crippen LogP contribution is -2.37. The SMILES string of the molecule is Cc1ccc(C(N)C(=O)N2CC3CCCCC3C2)cc1. The van der Waals surface area contributed by atoms with Crippen molar-refractivity contribution >= 4 is 5.91 Å². The van der Waals surface area contributed by atoms with E-state index in [1.165, 1.54) is 31.2 Å². The summed E-state index contributed by atoms with van der Waals surface area (Å²) in [6.45, 7) is 3.88. The topological polar surface area (TPSA) is 46.3 Å². The summed E-state index contributed by atoms with van der Waals surface area (Å²) in [6.07, 6.45) is 5.23. The molecule has 3 heteroatoms. The Hall–Kier alpha value is -1.35. The van der Waals surface area contributed by atoms with Crippen molar-refractivity contribution in [1.29, 1.82) is 0 Å². The molecule has 0 aromatic heterocycles. The first-order chi connectivity index (χ1) is 9.65. The number of aryl methyl sites for hydroxylation is 1. The molecular formula is C17H24N2O. The van der Waals surface area contributed by atoms with Gasteiger partial charge in [-0.3, -0.25) is 4.79 Å². The zero-order chi connectivity index (χ0) is 14.1. The van der Waals surface area contributed by atoms with Crippen LogP contribution >= 0.6 is 0 Å². The van der Waals surface area contributed by atoms with Gasteiger partial charge in [-0.2, -0.15) is 0 Å². The number of benzene rings is 1. The molecule has 2 N–H and O–H groups in total. The number of hydrogen-bond donors (Lipinski definition) is 1. The number of fused-ring (bicyclic) bond motifs is 1. The zero-order valence-electron chi connectivity index (χ0n) is 12.2. The molecule has 1 aliphatic carbocycles. The Bertz CT molecular complexity index is 468. The minimum absolute atomic E-state index is 0.100. The number of carbonyl (C=O) groups excluding carboxylic acids is 1. The van der Waals surface area contributed by atoms with Crippen LogP contribution in [0, 0.1) is 18.8 Å². The molecule has 108 valence electrons. The monoisotopic (exact) mass is 272 g/mol. The lowest BCUT2D eigenvalue weighted by atomic mass is 9.82. The summed E-state index contributed by atoms with van der Waals surface area (Å²) in [5.41, 5.74) is 8.29. The highest BCUT2D eigenvalue weighted by Gasteiger charge is 2.37. The van der Waals surface area contributed by atoms with Crippen LogP contribution in [0.1, 0.15) is 42.9 Å². The zero-order valence-corrected chi connectivity index (χ0v) is 12.2. The first-order valence-electron chi connectivity index (χ1n) is 7.76. The lowest BCUT2D eigenvalue weighted by Gasteiger charge is -2.22. The van der Waals surface area contributed by atoms with E-state index in [-0.39, 0.29) is 5.91 Å². The minimum atomic E-state index is -0.504. The van der Waals surface area contributed by atoms with E-state index in [0.717, 1.165) is 30.5 Å². The van der Waals surface area contributed by atoms with Crippen LogP contribution in [-0.4, -0.2) is 23.9 Å². The van der Waals surface area contributed by atoms with Crippen molar-refractivity contribution in [3.05, 3.63) is 35.4 Å². The summed E-state index contributed by atoms with van der Waals surface area (Å²) in [5, 5.41) is 0. The Morgan fingerprint density at radius 2 is 1.70 bits per heavy atom. The first kappa shape index (κ1) is 13.6. The second kappa shape index (κ2) is 5.57. The van der Waals surface area contributed by atoms with Crippen molar-refractivity contribution in [2.75, 3.05) is 13.1 Å². The van der Waals surface area contributed by atoms with Crippen LogP contribution in [-0.2, 0) is 4.79 Å². The van der Waals surface area contributed by atoms with E-state index in [2.05, 4.69) is 0 Å². The maximum atomic E-state index is 12.6. The standard InChI is InChI=1S/C17H24N2O/c1-12-6-8-13(9-7-12)16(18)17(20)19-10-14-4-2-3-5-15(14)11-19/h6-9,14-16H,2-5,10-11,18H2,1H3. The molecule has 1 saturated heterocycles. The van der Waals surface area contributed by atoms with Crippen LogP contribution in [0.4, 0.5) is 0 Å². The van der Waals surface area contributed by atoms with Gasteiger partial charge in [0.15, 0.2) is 0 Å². The van der Waals surface area contributed by atoms with Crippen molar-refractivity contribution in [3.8, 4) is 0 Å². The lowest BCUT2D eigenvalue weighted by molar-refractivity contribution is -0.131. The number of hydrogen-bond acceptors (Lipinski definition) is 2. The maximum Gasteiger partial charge on any atom is 0.244 e. The number of nitrogens with two attached hydrogens (primary N) is 1. The summed E-state index contributed by atoms with van der Waals surface area (Å²) >= 11 is 0. The predicted molar refractivity (Wildman–Crippen MR) is 80.1 cm³/mol. The molecule has 20 heavy (non-hydrogen) atoms. The van der Waals surface area contributed by atoms with Crippen LogP contribution in [0.25, 0.3) is 0 Å². The van der Waals surface area contributed by atoms with Gasteiger partial charge in [0.1, 0.15) is 6.04 Å². The van der Waals surface area contributed by atoms with Crippen molar-refractivity contribution in [1.82, 2.24) is 4.90 Å². The molecule has 1 aliphatic heterocycles. The van der Waals surface area contributed by atoms with E-state index in [1.807, 2.05) is 36.1 Å². The van der Waals surface area contributed by atoms with Crippen LogP contribution in [0.15, 0.2) is 24.3 Å². The molecule has 3 unspecified atom stereocenters. The molecule has 0 radical (unpaired) electrons. The van der Waals surface area contributed by atoms with Crippen LogP contribution in [0.3, 0.4) is 0 Å². The van der Waals surface area contributed by atoms with Gasteiger partial charge in [-0.1, -0.05) is 42.7 Å². The molecule has 3 atom stereocenters. The van der Waals surface area contributed by atoms with E-state index in [1.54, 1.807) is 0 Å². The third-order valence-corrected chi connectivity index (χ3v) is 4.99. The fraction of sp³-hybridized carbons (Fsp3) is 0.588.